The lowest BCUT2D eigenvalue weighted by atomic mass is 10.0. The largest absolute Gasteiger partial charge is 0.381 e. The first kappa shape index (κ1) is 15.2. The van der Waals surface area contributed by atoms with Gasteiger partial charge in [0.05, 0.1) is 12.7 Å². The van der Waals surface area contributed by atoms with Crippen molar-refractivity contribution >= 4 is 5.91 Å². The van der Waals surface area contributed by atoms with Crippen LogP contribution >= 0.6 is 0 Å². The van der Waals surface area contributed by atoms with Gasteiger partial charge < -0.3 is 14.8 Å². The van der Waals surface area contributed by atoms with Crippen LogP contribution in [0.25, 0.3) is 0 Å². The quantitative estimate of drug-likeness (QED) is 0.841. The Morgan fingerprint density at radius 1 is 1.42 bits per heavy atom. The molecule has 1 rings (SSSR count). The Kier molecular flexibility index (Phi) is 5.49. The smallest absolute Gasteiger partial charge is 0.255 e. The Morgan fingerprint density at radius 3 is 2.53 bits per heavy atom. The number of carbonyl (C=O) groups excluding carboxylic acids is 1. The molecule has 1 aromatic rings. The van der Waals surface area contributed by atoms with Gasteiger partial charge in [0.25, 0.3) is 5.91 Å². The van der Waals surface area contributed by atoms with Crippen LogP contribution in [-0.4, -0.2) is 32.3 Å². The normalized spacial score (nSPS) is 15.1. The monoisotopic (exact) mass is 262 g/mol. The summed E-state index contributed by atoms with van der Waals surface area (Å²) in [5.74, 6) is -0.366. The standard InChI is InChI=1S/C14H18N2O3/c1-14(9-15,10-18-2)16-13(17)12(19-3)11-7-5-4-6-8-11/h4-8,12H,10H2,1-3H3,(H,16,17)/t12-,14-/m1/s1. The minimum atomic E-state index is -1.07. The van der Waals surface area contributed by atoms with Crippen LogP contribution in [0.5, 0.6) is 0 Å². The van der Waals surface area contributed by atoms with Crippen molar-refractivity contribution in [2.75, 3.05) is 20.8 Å². The van der Waals surface area contributed by atoms with E-state index in [1.165, 1.54) is 14.2 Å². The third-order valence-electron chi connectivity index (χ3n) is 2.66. The van der Waals surface area contributed by atoms with Crippen LogP contribution in [0.1, 0.15) is 18.6 Å². The summed E-state index contributed by atoms with van der Waals surface area (Å²) >= 11 is 0. The fourth-order valence-corrected chi connectivity index (χ4v) is 1.74. The molecule has 0 fully saturated rings. The average Bonchev–Trinajstić information content (AvgIpc) is 2.41. The molecule has 0 aliphatic heterocycles. The van der Waals surface area contributed by atoms with Crippen LogP contribution in [0.2, 0.25) is 0 Å². The predicted octanol–water partition coefficient (Wildman–Crippen LogP) is 1.42. The van der Waals surface area contributed by atoms with Crippen molar-refractivity contribution < 1.29 is 14.3 Å². The Balaban J connectivity index is 2.84. The highest BCUT2D eigenvalue weighted by Gasteiger charge is 2.30. The molecule has 19 heavy (non-hydrogen) atoms. The van der Waals surface area contributed by atoms with Gasteiger partial charge in [0.2, 0.25) is 0 Å². The SMILES string of the molecule is COC[C@@](C)(C#N)NC(=O)[C@H](OC)c1ccccc1. The minimum absolute atomic E-state index is 0.112. The molecule has 2 atom stereocenters. The van der Waals surface area contributed by atoms with Gasteiger partial charge in [0.15, 0.2) is 6.10 Å². The summed E-state index contributed by atoms with van der Waals surface area (Å²) in [5.41, 5.74) is -0.336. The molecular formula is C14H18N2O3. The Labute approximate surface area is 113 Å². The summed E-state index contributed by atoms with van der Waals surface area (Å²) in [7, 11) is 2.93. The summed E-state index contributed by atoms with van der Waals surface area (Å²) in [5, 5.41) is 11.7. The maximum Gasteiger partial charge on any atom is 0.255 e. The molecule has 5 nitrogen and oxygen atoms in total. The molecule has 1 aromatic carbocycles. The summed E-state index contributed by atoms with van der Waals surface area (Å²) < 4.78 is 10.1. The third kappa shape index (κ3) is 4.05. The minimum Gasteiger partial charge on any atom is -0.381 e. The van der Waals surface area contributed by atoms with Crippen molar-refractivity contribution in [1.29, 1.82) is 5.26 Å². The number of ether oxygens (including phenoxy) is 2. The van der Waals surface area contributed by atoms with E-state index < -0.39 is 11.6 Å². The molecule has 5 heteroatoms. The van der Waals surface area contributed by atoms with Crippen LogP contribution in [0.3, 0.4) is 0 Å². The fourth-order valence-electron chi connectivity index (χ4n) is 1.74. The number of rotatable bonds is 6. The van der Waals surface area contributed by atoms with E-state index in [1.807, 2.05) is 24.3 Å². The van der Waals surface area contributed by atoms with Gasteiger partial charge in [-0.2, -0.15) is 5.26 Å². The van der Waals surface area contributed by atoms with E-state index in [9.17, 15) is 4.79 Å². The maximum absolute atomic E-state index is 12.2. The molecule has 0 heterocycles. The Morgan fingerprint density at radius 2 is 2.05 bits per heavy atom. The number of carbonyl (C=O) groups is 1. The van der Waals surface area contributed by atoms with Gasteiger partial charge in [-0.1, -0.05) is 30.3 Å². The number of amides is 1. The fraction of sp³-hybridized carbons (Fsp3) is 0.429. The average molecular weight is 262 g/mol. The second-order valence-electron chi connectivity index (χ2n) is 4.39. The van der Waals surface area contributed by atoms with Crippen molar-refractivity contribution in [2.24, 2.45) is 0 Å². The highest BCUT2D eigenvalue weighted by molar-refractivity contribution is 5.83. The third-order valence-corrected chi connectivity index (χ3v) is 2.66. The van der Waals surface area contributed by atoms with Crippen LogP contribution in [0.4, 0.5) is 0 Å². The number of nitrogens with one attached hydrogen (secondary N) is 1. The molecule has 0 radical (unpaired) electrons. The summed E-state index contributed by atoms with van der Waals surface area (Å²) in [4.78, 5) is 12.2. The molecule has 0 aromatic heterocycles. The van der Waals surface area contributed by atoms with E-state index >= 15 is 0 Å². The molecule has 0 saturated heterocycles. The molecule has 0 spiro atoms. The van der Waals surface area contributed by atoms with Gasteiger partial charge in [-0.3, -0.25) is 4.79 Å². The van der Waals surface area contributed by atoms with Gasteiger partial charge in [-0.05, 0) is 12.5 Å². The van der Waals surface area contributed by atoms with E-state index in [-0.39, 0.29) is 12.5 Å². The van der Waals surface area contributed by atoms with Crippen LogP contribution in [0.15, 0.2) is 30.3 Å². The van der Waals surface area contributed by atoms with Crippen molar-refractivity contribution in [2.45, 2.75) is 18.6 Å². The van der Waals surface area contributed by atoms with Crippen LogP contribution in [-0.2, 0) is 14.3 Å². The zero-order valence-corrected chi connectivity index (χ0v) is 11.3. The number of methoxy groups -OCH3 is 2. The summed E-state index contributed by atoms with van der Waals surface area (Å²) in [6, 6.07) is 11.1. The molecule has 0 unspecified atom stereocenters. The molecule has 102 valence electrons. The van der Waals surface area contributed by atoms with Crippen molar-refractivity contribution in [3.8, 4) is 6.07 Å². The van der Waals surface area contributed by atoms with E-state index in [2.05, 4.69) is 5.32 Å². The first-order chi connectivity index (χ1) is 9.06. The molecule has 0 aliphatic carbocycles. The molecule has 1 amide bonds. The van der Waals surface area contributed by atoms with Gasteiger partial charge >= 0.3 is 0 Å². The number of benzene rings is 1. The van der Waals surface area contributed by atoms with Crippen molar-refractivity contribution in [3.05, 3.63) is 35.9 Å². The zero-order chi connectivity index (χ0) is 14.3. The lowest BCUT2D eigenvalue weighted by Crippen LogP contribution is -2.50. The first-order valence-corrected chi connectivity index (χ1v) is 5.86. The van der Waals surface area contributed by atoms with E-state index in [0.29, 0.717) is 0 Å². The Hall–Kier alpha value is -1.90. The van der Waals surface area contributed by atoms with Crippen molar-refractivity contribution in [1.82, 2.24) is 5.32 Å². The van der Waals surface area contributed by atoms with Gasteiger partial charge in [-0.15, -0.1) is 0 Å². The van der Waals surface area contributed by atoms with Crippen LogP contribution in [0, 0.1) is 11.3 Å². The summed E-state index contributed by atoms with van der Waals surface area (Å²) in [6.07, 6.45) is -0.745. The Bertz CT molecular complexity index is 456. The predicted molar refractivity (Wildman–Crippen MR) is 70.2 cm³/mol. The van der Waals surface area contributed by atoms with Crippen molar-refractivity contribution in [3.63, 3.8) is 0 Å². The maximum atomic E-state index is 12.2. The van der Waals surface area contributed by atoms with Gasteiger partial charge in [0, 0.05) is 14.2 Å². The van der Waals surface area contributed by atoms with Gasteiger partial charge in [-0.25, -0.2) is 0 Å². The second-order valence-corrected chi connectivity index (χ2v) is 4.39. The lowest BCUT2D eigenvalue weighted by Gasteiger charge is -2.25. The highest BCUT2D eigenvalue weighted by atomic mass is 16.5. The summed E-state index contributed by atoms with van der Waals surface area (Å²) in [6.45, 7) is 1.71. The first-order valence-electron chi connectivity index (χ1n) is 5.86. The zero-order valence-electron chi connectivity index (χ0n) is 11.3. The van der Waals surface area contributed by atoms with Crippen LogP contribution < -0.4 is 5.32 Å². The molecule has 0 bridgehead atoms. The van der Waals surface area contributed by atoms with Gasteiger partial charge in [0.1, 0.15) is 5.54 Å². The molecule has 0 saturated carbocycles. The number of hydrogen-bond donors (Lipinski definition) is 1. The molecule has 1 N–H and O–H groups in total. The number of nitrogens with zero attached hydrogens (tertiary/aromatic N) is 1. The molecular weight excluding hydrogens is 244 g/mol. The second kappa shape index (κ2) is 6.88. The molecule has 0 aliphatic rings. The van der Waals surface area contributed by atoms with E-state index in [1.54, 1.807) is 19.1 Å². The number of nitriles is 1. The van der Waals surface area contributed by atoms with E-state index in [4.69, 9.17) is 14.7 Å². The lowest BCUT2D eigenvalue weighted by molar-refractivity contribution is -0.133. The highest BCUT2D eigenvalue weighted by Crippen LogP contribution is 2.17. The topological polar surface area (TPSA) is 71.3 Å². The van der Waals surface area contributed by atoms with E-state index in [0.717, 1.165) is 5.56 Å². The number of hydrogen-bond acceptors (Lipinski definition) is 4.